The van der Waals surface area contributed by atoms with Gasteiger partial charge < -0.3 is 10.1 Å². The molecule has 0 saturated heterocycles. The van der Waals surface area contributed by atoms with Gasteiger partial charge in [0.2, 0.25) is 5.88 Å². The number of halogens is 2. The van der Waals surface area contributed by atoms with Crippen LogP contribution >= 0.6 is 23.2 Å². The van der Waals surface area contributed by atoms with Crippen molar-refractivity contribution in [1.29, 1.82) is 0 Å². The second kappa shape index (κ2) is 9.42. The normalized spacial score (nSPS) is 10.8. The number of aromatic nitrogens is 3. The van der Waals surface area contributed by atoms with Crippen LogP contribution in [0.25, 0.3) is 0 Å². The molecule has 162 valence electrons. The lowest BCUT2D eigenvalue weighted by molar-refractivity contribution is 0.102. The first-order valence-corrected chi connectivity index (χ1v) is 10.6. The molecule has 8 heteroatoms. The Morgan fingerprint density at radius 3 is 2.62 bits per heavy atom. The fraction of sp³-hybridized carbons (Fsp3) is 0.125. The molecule has 0 aliphatic heterocycles. The summed E-state index contributed by atoms with van der Waals surface area (Å²) in [6, 6.07) is 18.1. The number of nitrogens with zero attached hydrogens (tertiary/aromatic N) is 3. The van der Waals surface area contributed by atoms with Crippen LogP contribution in [0, 0.1) is 13.8 Å². The number of nitrogens with one attached hydrogen (secondary N) is 1. The van der Waals surface area contributed by atoms with Gasteiger partial charge in [-0.05, 0) is 55.8 Å². The predicted molar refractivity (Wildman–Crippen MR) is 126 cm³/mol. The molecule has 0 bridgehead atoms. The van der Waals surface area contributed by atoms with Crippen LogP contribution in [0.5, 0.6) is 11.6 Å². The maximum absolute atomic E-state index is 13.0. The highest BCUT2D eigenvalue weighted by atomic mass is 35.5. The third-order valence-corrected chi connectivity index (χ3v) is 5.22. The lowest BCUT2D eigenvalue weighted by atomic mass is 10.1. The Kier molecular flexibility index (Phi) is 6.44. The van der Waals surface area contributed by atoms with E-state index in [0.29, 0.717) is 28.6 Å². The van der Waals surface area contributed by atoms with Crippen LogP contribution in [0.4, 0.5) is 5.69 Å². The number of para-hydroxylation sites is 2. The van der Waals surface area contributed by atoms with Gasteiger partial charge in [0.05, 0.1) is 22.9 Å². The molecule has 0 fully saturated rings. The van der Waals surface area contributed by atoms with Crippen molar-refractivity contribution in [1.82, 2.24) is 14.8 Å². The molecule has 0 saturated carbocycles. The highest BCUT2D eigenvalue weighted by Gasteiger charge is 2.13. The van der Waals surface area contributed by atoms with Crippen LogP contribution in [0.15, 0.2) is 66.9 Å². The minimum atomic E-state index is -0.258. The summed E-state index contributed by atoms with van der Waals surface area (Å²) in [6.45, 7) is 4.55. The molecule has 6 nitrogen and oxygen atoms in total. The first-order valence-electron chi connectivity index (χ1n) is 9.88. The average Bonchev–Trinajstić information content (AvgIpc) is 3.08. The van der Waals surface area contributed by atoms with Crippen LogP contribution in [0.2, 0.25) is 10.0 Å². The summed E-state index contributed by atoms with van der Waals surface area (Å²) in [4.78, 5) is 17.1. The molecule has 4 rings (SSSR count). The maximum Gasteiger partial charge on any atom is 0.255 e. The summed E-state index contributed by atoms with van der Waals surface area (Å²) in [5.41, 5.74) is 4.03. The minimum Gasteiger partial charge on any atom is -0.435 e. The maximum atomic E-state index is 13.0. The van der Waals surface area contributed by atoms with Gasteiger partial charge in [-0.3, -0.25) is 9.48 Å². The van der Waals surface area contributed by atoms with E-state index >= 15 is 0 Å². The van der Waals surface area contributed by atoms with E-state index in [-0.39, 0.29) is 16.8 Å². The van der Waals surface area contributed by atoms with Gasteiger partial charge in [-0.1, -0.05) is 47.5 Å². The Balaban J connectivity index is 1.53. The molecule has 2 heterocycles. The number of pyridine rings is 1. The van der Waals surface area contributed by atoms with Crippen molar-refractivity contribution in [3.8, 4) is 11.6 Å². The van der Waals surface area contributed by atoms with E-state index in [0.717, 1.165) is 17.0 Å². The highest BCUT2D eigenvalue weighted by molar-refractivity contribution is 6.35. The molecule has 0 radical (unpaired) electrons. The van der Waals surface area contributed by atoms with E-state index in [2.05, 4.69) is 15.4 Å². The zero-order chi connectivity index (χ0) is 22.7. The lowest BCUT2D eigenvalue weighted by Crippen LogP contribution is -2.13. The quantitative estimate of drug-likeness (QED) is 0.362. The van der Waals surface area contributed by atoms with E-state index in [1.54, 1.807) is 36.4 Å². The number of rotatable bonds is 6. The first-order chi connectivity index (χ1) is 15.4. The molecular weight excluding hydrogens is 447 g/mol. The Morgan fingerprint density at radius 2 is 1.88 bits per heavy atom. The van der Waals surface area contributed by atoms with Crippen molar-refractivity contribution in [2.75, 3.05) is 5.32 Å². The number of carbonyl (C=O) groups is 1. The monoisotopic (exact) mass is 466 g/mol. The molecule has 4 aromatic rings. The Hall–Kier alpha value is -3.35. The minimum absolute atomic E-state index is 0.199. The zero-order valence-corrected chi connectivity index (χ0v) is 19.0. The van der Waals surface area contributed by atoms with Gasteiger partial charge in [0.25, 0.3) is 5.91 Å². The molecule has 0 aliphatic carbocycles. The fourth-order valence-electron chi connectivity index (χ4n) is 3.25. The Labute approximate surface area is 195 Å². The molecule has 1 amide bonds. The van der Waals surface area contributed by atoms with Crippen LogP contribution in [-0.4, -0.2) is 20.7 Å². The molecule has 0 atom stereocenters. The summed E-state index contributed by atoms with van der Waals surface area (Å²) in [5.74, 6) is 0.354. The van der Waals surface area contributed by atoms with E-state index in [9.17, 15) is 4.79 Å². The molecule has 32 heavy (non-hydrogen) atoms. The smallest absolute Gasteiger partial charge is 0.255 e. The lowest BCUT2D eigenvalue weighted by Gasteiger charge is -2.13. The number of aryl methyl sites for hydroxylation is 2. The summed E-state index contributed by atoms with van der Waals surface area (Å²) in [6.07, 6.45) is 1.44. The third kappa shape index (κ3) is 5.10. The number of benzene rings is 2. The topological polar surface area (TPSA) is 69.0 Å². The van der Waals surface area contributed by atoms with E-state index < -0.39 is 0 Å². The van der Waals surface area contributed by atoms with Gasteiger partial charge in [0.15, 0.2) is 5.75 Å². The zero-order valence-electron chi connectivity index (χ0n) is 17.5. The van der Waals surface area contributed by atoms with Crippen LogP contribution in [-0.2, 0) is 6.54 Å². The molecular formula is C24H20Cl2N4O2. The number of anilines is 1. The van der Waals surface area contributed by atoms with Crippen molar-refractivity contribution < 1.29 is 9.53 Å². The standard InChI is InChI=1S/C24H20Cl2N4O2/c1-15-10-16(2)30(29-15)14-17-6-5-7-18(11-17)23(31)28-21-8-3-4-9-22(21)32-24-20(26)12-19(25)13-27-24/h3-13H,14H2,1-2H3,(H,28,31). The number of ether oxygens (including phenoxy) is 1. The molecule has 0 spiro atoms. The summed E-state index contributed by atoms with van der Waals surface area (Å²) < 4.78 is 7.74. The number of amides is 1. The van der Waals surface area contributed by atoms with Crippen molar-refractivity contribution in [2.45, 2.75) is 20.4 Å². The fourth-order valence-corrected chi connectivity index (χ4v) is 3.67. The van der Waals surface area contributed by atoms with Gasteiger partial charge in [-0.2, -0.15) is 5.10 Å². The molecule has 0 aliphatic rings. The third-order valence-electron chi connectivity index (χ3n) is 4.74. The van der Waals surface area contributed by atoms with Crippen molar-refractivity contribution >= 4 is 34.8 Å². The van der Waals surface area contributed by atoms with Crippen molar-refractivity contribution in [3.63, 3.8) is 0 Å². The Bertz CT molecular complexity index is 1290. The van der Waals surface area contributed by atoms with Crippen LogP contribution < -0.4 is 10.1 Å². The number of hydrogen-bond donors (Lipinski definition) is 1. The van der Waals surface area contributed by atoms with Crippen molar-refractivity contribution in [3.05, 3.63) is 99.4 Å². The number of carbonyl (C=O) groups excluding carboxylic acids is 1. The first kappa shape index (κ1) is 21.9. The van der Waals surface area contributed by atoms with E-state index in [1.165, 1.54) is 6.20 Å². The number of hydrogen-bond acceptors (Lipinski definition) is 4. The molecule has 2 aromatic carbocycles. The van der Waals surface area contributed by atoms with Gasteiger partial charge in [-0.15, -0.1) is 0 Å². The van der Waals surface area contributed by atoms with Gasteiger partial charge >= 0.3 is 0 Å². The van der Waals surface area contributed by atoms with Gasteiger partial charge in [-0.25, -0.2) is 4.98 Å². The van der Waals surface area contributed by atoms with Gasteiger partial charge in [0.1, 0.15) is 5.02 Å². The molecule has 1 N–H and O–H groups in total. The van der Waals surface area contributed by atoms with Crippen LogP contribution in [0.1, 0.15) is 27.3 Å². The van der Waals surface area contributed by atoms with Gasteiger partial charge in [0, 0.05) is 17.5 Å². The second-order valence-corrected chi connectivity index (χ2v) is 8.12. The predicted octanol–water partition coefficient (Wildman–Crippen LogP) is 6.29. The highest BCUT2D eigenvalue weighted by Crippen LogP contribution is 2.33. The summed E-state index contributed by atoms with van der Waals surface area (Å²) in [7, 11) is 0. The largest absolute Gasteiger partial charge is 0.435 e. The van der Waals surface area contributed by atoms with E-state index in [4.69, 9.17) is 27.9 Å². The van der Waals surface area contributed by atoms with E-state index in [1.807, 2.05) is 42.8 Å². The summed E-state index contributed by atoms with van der Waals surface area (Å²) in [5, 5.41) is 8.07. The molecule has 0 unspecified atom stereocenters. The van der Waals surface area contributed by atoms with Crippen molar-refractivity contribution in [2.24, 2.45) is 0 Å². The Morgan fingerprint density at radius 1 is 1.06 bits per heavy atom. The second-order valence-electron chi connectivity index (χ2n) is 7.28. The SMILES string of the molecule is Cc1cc(C)n(Cc2cccc(C(=O)Nc3ccccc3Oc3ncc(Cl)cc3Cl)c2)n1. The molecule has 2 aromatic heterocycles. The average molecular weight is 467 g/mol. The van der Waals surface area contributed by atoms with Crippen LogP contribution in [0.3, 0.4) is 0 Å². The summed E-state index contributed by atoms with van der Waals surface area (Å²) >= 11 is 12.1.